The van der Waals surface area contributed by atoms with Crippen LogP contribution in [0.5, 0.6) is 11.5 Å². The van der Waals surface area contributed by atoms with Crippen LogP contribution in [0.4, 0.5) is 14.9 Å². The number of halogens is 2. The van der Waals surface area contributed by atoms with Gasteiger partial charge in [0, 0.05) is 18.3 Å². The molecule has 0 saturated heterocycles. The van der Waals surface area contributed by atoms with Gasteiger partial charge < -0.3 is 19.1 Å². The van der Waals surface area contributed by atoms with E-state index in [1.54, 1.807) is 12.1 Å². The van der Waals surface area contributed by atoms with E-state index >= 15 is 0 Å². The summed E-state index contributed by atoms with van der Waals surface area (Å²) in [7, 11) is -2.34. The Hall–Kier alpha value is -2.52. The largest absolute Gasteiger partial charge is 0.493 e. The number of rotatable bonds is 8. The van der Waals surface area contributed by atoms with E-state index in [0.29, 0.717) is 11.3 Å². The molecule has 0 aromatic heterocycles. The summed E-state index contributed by atoms with van der Waals surface area (Å²) in [5.74, 6) is -0.465. The molecule has 1 N–H and O–H groups in total. The third kappa shape index (κ3) is 6.24. The quantitative estimate of drug-likeness (QED) is 0.581. The minimum atomic E-state index is -3.75. The van der Waals surface area contributed by atoms with Gasteiger partial charge in [-0.25, -0.2) is 9.18 Å². The number of hydrogen-bond acceptors (Lipinski definition) is 5. The summed E-state index contributed by atoms with van der Waals surface area (Å²) in [5.41, 5.74) is 0.989. The Bertz CT molecular complexity index is 1010. The lowest BCUT2D eigenvalue weighted by Gasteiger charge is -2.27. The summed E-state index contributed by atoms with van der Waals surface area (Å²) in [6.07, 6.45) is 0. The van der Waals surface area contributed by atoms with Gasteiger partial charge in [-0.3, -0.25) is 0 Å². The lowest BCUT2D eigenvalue weighted by atomic mass is 10.1. The number of carbonyl (C=O) groups excluding carboxylic acids is 1. The molecule has 164 valence electrons. The van der Waals surface area contributed by atoms with Crippen LogP contribution < -0.4 is 14.2 Å². The molecule has 30 heavy (non-hydrogen) atoms. The molecule has 2 aromatic carbocycles. The minimum Gasteiger partial charge on any atom is -0.493 e. The van der Waals surface area contributed by atoms with E-state index in [-0.39, 0.29) is 34.9 Å². The van der Waals surface area contributed by atoms with Crippen molar-refractivity contribution in [3.05, 3.63) is 52.8 Å². The highest BCUT2D eigenvalue weighted by atomic mass is 35.5. The molecule has 0 heterocycles. The van der Waals surface area contributed by atoms with E-state index in [2.05, 4.69) is 5.32 Å². The van der Waals surface area contributed by atoms with Crippen molar-refractivity contribution in [3.8, 4) is 11.5 Å². The normalized spacial score (nSPS) is 11.3. The maximum absolute atomic E-state index is 13.3. The maximum atomic E-state index is 13.3. The molecule has 7 nitrogen and oxygen atoms in total. The summed E-state index contributed by atoms with van der Waals surface area (Å²) in [6, 6.07) is 8.09. The molecular weight excluding hydrogens is 435 g/mol. The van der Waals surface area contributed by atoms with Crippen LogP contribution >= 0.6 is 11.6 Å². The summed E-state index contributed by atoms with van der Waals surface area (Å²) in [4.78, 5) is 14.3. The smallest absolute Gasteiger partial charge is 0.322 e. The first-order chi connectivity index (χ1) is 14.1. The number of urea groups is 1. The van der Waals surface area contributed by atoms with Gasteiger partial charge in [0.25, 0.3) is 0 Å². The lowest BCUT2D eigenvalue weighted by Crippen LogP contribution is -2.39. The monoisotopic (exact) mass is 458 g/mol. The Morgan fingerprint density at radius 2 is 1.90 bits per heavy atom. The van der Waals surface area contributed by atoms with Gasteiger partial charge in [-0.05, 0) is 56.7 Å². The highest BCUT2D eigenvalue weighted by Gasteiger charge is 2.20. The molecule has 0 saturated carbocycles. The van der Waals surface area contributed by atoms with Crippen molar-refractivity contribution in [2.75, 3.05) is 18.2 Å². The molecule has 2 aromatic rings. The number of anilines is 1. The number of hydrogen-bond donors (Lipinski definition) is 1. The molecule has 0 fully saturated rings. The fourth-order valence-corrected chi connectivity index (χ4v) is 3.24. The van der Waals surface area contributed by atoms with Crippen molar-refractivity contribution in [1.82, 2.24) is 4.90 Å². The van der Waals surface area contributed by atoms with Gasteiger partial charge in [0.15, 0.2) is 11.5 Å². The number of benzene rings is 2. The van der Waals surface area contributed by atoms with Crippen LogP contribution in [0.15, 0.2) is 36.4 Å². The van der Waals surface area contributed by atoms with Gasteiger partial charge in [0.05, 0.1) is 17.9 Å². The first-order valence-electron chi connectivity index (χ1n) is 9.18. The van der Waals surface area contributed by atoms with Gasteiger partial charge in [0.2, 0.25) is 0 Å². The molecule has 0 aliphatic heterocycles. The predicted octanol–water partition coefficient (Wildman–Crippen LogP) is 4.66. The van der Waals surface area contributed by atoms with Crippen molar-refractivity contribution in [2.45, 2.75) is 33.4 Å². The highest BCUT2D eigenvalue weighted by molar-refractivity contribution is 7.87. The van der Waals surface area contributed by atoms with Gasteiger partial charge in [0.1, 0.15) is 5.82 Å². The van der Waals surface area contributed by atoms with Crippen molar-refractivity contribution < 1.29 is 26.5 Å². The fraction of sp³-hybridized carbons (Fsp3) is 0.350. The number of nitrogens with zero attached hydrogens (tertiary/aromatic N) is 1. The Kier molecular flexibility index (Phi) is 7.91. The first kappa shape index (κ1) is 23.8. The number of amides is 2. The molecule has 0 bridgehead atoms. The van der Waals surface area contributed by atoms with Gasteiger partial charge in [-0.1, -0.05) is 17.7 Å². The second kappa shape index (κ2) is 9.99. The third-order valence-electron chi connectivity index (χ3n) is 4.21. The maximum Gasteiger partial charge on any atom is 0.322 e. The average Bonchev–Trinajstić information content (AvgIpc) is 2.68. The summed E-state index contributed by atoms with van der Waals surface area (Å²) in [5, 5.41) is 2.58. The number of carbonyl (C=O) groups is 1. The van der Waals surface area contributed by atoms with Crippen molar-refractivity contribution >= 4 is 33.4 Å². The Morgan fingerprint density at radius 1 is 1.20 bits per heavy atom. The van der Waals surface area contributed by atoms with Crippen LogP contribution in [0, 0.1) is 5.82 Å². The molecule has 0 aliphatic rings. The molecule has 10 heteroatoms. The molecular formula is C20H24ClFN2O5S. The summed E-state index contributed by atoms with van der Waals surface area (Å²) < 4.78 is 47.3. The van der Waals surface area contributed by atoms with Gasteiger partial charge in [-0.2, -0.15) is 8.42 Å². The average molecular weight is 459 g/mol. The second-order valence-electron chi connectivity index (χ2n) is 6.70. The van der Waals surface area contributed by atoms with Crippen molar-refractivity contribution in [3.63, 3.8) is 0 Å². The van der Waals surface area contributed by atoms with Crippen LogP contribution in [0.25, 0.3) is 0 Å². The predicted molar refractivity (Wildman–Crippen MR) is 114 cm³/mol. The van der Waals surface area contributed by atoms with Crippen LogP contribution in [0.2, 0.25) is 5.02 Å². The van der Waals surface area contributed by atoms with E-state index in [9.17, 15) is 17.6 Å². The van der Waals surface area contributed by atoms with E-state index in [4.69, 9.17) is 20.5 Å². The SMILES string of the molecule is CCS(=O)(=O)Oc1cc(CN(C(=O)Nc2ccc(F)c(Cl)c2)C(C)C)ccc1OC. The molecule has 0 unspecified atom stereocenters. The van der Waals surface area contributed by atoms with E-state index < -0.39 is 22.0 Å². The molecule has 2 rings (SSSR count). The topological polar surface area (TPSA) is 84.9 Å². The standard InChI is InChI=1S/C20H24ClFN2O5S/c1-5-30(26,27)29-19-10-14(6-9-18(19)28-4)12-24(13(2)3)20(25)23-15-7-8-17(22)16(21)11-15/h6-11,13H,5,12H2,1-4H3,(H,23,25). The Balaban J connectivity index is 2.25. The van der Waals surface area contributed by atoms with Crippen molar-refractivity contribution in [1.29, 1.82) is 0 Å². The van der Waals surface area contributed by atoms with E-state index in [1.807, 2.05) is 13.8 Å². The Morgan fingerprint density at radius 3 is 2.47 bits per heavy atom. The molecule has 0 atom stereocenters. The number of nitrogens with one attached hydrogen (secondary N) is 1. The number of ether oxygens (including phenoxy) is 1. The van der Waals surface area contributed by atoms with Gasteiger partial charge >= 0.3 is 16.1 Å². The second-order valence-corrected chi connectivity index (χ2v) is 8.96. The lowest BCUT2D eigenvalue weighted by molar-refractivity contribution is 0.193. The zero-order valence-electron chi connectivity index (χ0n) is 17.1. The first-order valence-corrected chi connectivity index (χ1v) is 11.1. The summed E-state index contributed by atoms with van der Waals surface area (Å²) in [6.45, 7) is 5.31. The van der Waals surface area contributed by atoms with Crippen LogP contribution in [-0.4, -0.2) is 38.3 Å². The van der Waals surface area contributed by atoms with Crippen molar-refractivity contribution in [2.24, 2.45) is 0 Å². The van der Waals surface area contributed by atoms with Crippen LogP contribution in [-0.2, 0) is 16.7 Å². The molecule has 0 radical (unpaired) electrons. The minimum absolute atomic E-state index is 0.0475. The fourth-order valence-electron chi connectivity index (χ4n) is 2.54. The Labute approximate surface area is 180 Å². The molecule has 0 aliphatic carbocycles. The van der Waals surface area contributed by atoms with Crippen LogP contribution in [0.1, 0.15) is 26.3 Å². The molecule has 2 amide bonds. The van der Waals surface area contributed by atoms with E-state index in [1.165, 1.54) is 43.2 Å². The molecule has 0 spiro atoms. The van der Waals surface area contributed by atoms with Gasteiger partial charge in [-0.15, -0.1) is 0 Å². The number of methoxy groups -OCH3 is 1. The zero-order chi connectivity index (χ0) is 22.5. The highest BCUT2D eigenvalue weighted by Crippen LogP contribution is 2.30. The summed E-state index contributed by atoms with van der Waals surface area (Å²) >= 11 is 5.77. The van der Waals surface area contributed by atoms with Crippen LogP contribution in [0.3, 0.4) is 0 Å². The third-order valence-corrected chi connectivity index (χ3v) is 5.64. The van der Waals surface area contributed by atoms with E-state index in [0.717, 1.165) is 0 Å². The zero-order valence-corrected chi connectivity index (χ0v) is 18.7.